The molecule has 0 atom stereocenters. The number of carbonyl (C=O) groups excluding carboxylic acids is 1. The molecule has 0 saturated carbocycles. The molecule has 0 aliphatic heterocycles. The fourth-order valence-corrected chi connectivity index (χ4v) is 0.819. The summed E-state index contributed by atoms with van der Waals surface area (Å²) in [6.07, 6.45) is -1.53. The Morgan fingerprint density at radius 1 is 1.31 bits per heavy atom. The molecule has 1 amide bonds. The van der Waals surface area contributed by atoms with Crippen LogP contribution in [0.2, 0.25) is 0 Å². The molecule has 1 aromatic carbocycles. The molecule has 13 heavy (non-hydrogen) atoms. The van der Waals surface area contributed by atoms with Crippen LogP contribution in [0, 0.1) is 6.92 Å². The SMILES string of the molecule is CC.Cc1ccccc1NC(=O)F. The lowest BCUT2D eigenvalue weighted by Crippen LogP contribution is -2.03. The van der Waals surface area contributed by atoms with Crippen molar-refractivity contribution in [1.82, 2.24) is 0 Å². The number of para-hydroxylation sites is 1. The van der Waals surface area contributed by atoms with E-state index in [-0.39, 0.29) is 0 Å². The van der Waals surface area contributed by atoms with Crippen molar-refractivity contribution in [1.29, 1.82) is 0 Å². The van der Waals surface area contributed by atoms with Crippen molar-refractivity contribution in [3.8, 4) is 0 Å². The lowest BCUT2D eigenvalue weighted by atomic mass is 10.2. The van der Waals surface area contributed by atoms with Crippen LogP contribution in [0.4, 0.5) is 14.9 Å². The number of anilines is 1. The van der Waals surface area contributed by atoms with Crippen molar-refractivity contribution in [3.63, 3.8) is 0 Å². The predicted octanol–water partition coefficient (Wildman–Crippen LogP) is 3.52. The number of nitrogens with one attached hydrogen (secondary N) is 1. The van der Waals surface area contributed by atoms with E-state index in [9.17, 15) is 9.18 Å². The van der Waals surface area contributed by atoms with Gasteiger partial charge in [0.1, 0.15) is 0 Å². The van der Waals surface area contributed by atoms with E-state index in [4.69, 9.17) is 0 Å². The molecule has 0 aromatic heterocycles. The Bertz CT molecular complexity index is 273. The minimum absolute atomic E-state index is 0.514. The van der Waals surface area contributed by atoms with Crippen LogP contribution in [0.15, 0.2) is 24.3 Å². The zero-order valence-corrected chi connectivity index (χ0v) is 8.10. The average Bonchev–Trinajstić information content (AvgIpc) is 2.12. The van der Waals surface area contributed by atoms with Crippen LogP contribution in [0.5, 0.6) is 0 Å². The number of halogens is 1. The summed E-state index contributed by atoms with van der Waals surface area (Å²) in [5.41, 5.74) is 1.36. The van der Waals surface area contributed by atoms with E-state index in [1.807, 2.05) is 19.9 Å². The van der Waals surface area contributed by atoms with Crippen molar-refractivity contribution < 1.29 is 9.18 Å². The molecule has 0 radical (unpaired) electrons. The Morgan fingerprint density at radius 2 is 1.85 bits per heavy atom. The average molecular weight is 183 g/mol. The number of hydrogen-bond acceptors (Lipinski definition) is 1. The lowest BCUT2D eigenvalue weighted by Gasteiger charge is -2.01. The second kappa shape index (κ2) is 6.17. The third kappa shape index (κ3) is 4.25. The summed E-state index contributed by atoms with van der Waals surface area (Å²) in [5, 5.41) is 2.07. The Balaban J connectivity index is 0.000000671. The first-order chi connectivity index (χ1) is 6.20. The Hall–Kier alpha value is -1.38. The maximum Gasteiger partial charge on any atom is 0.401 e. The highest BCUT2D eigenvalue weighted by Crippen LogP contribution is 2.12. The van der Waals surface area contributed by atoms with Crippen molar-refractivity contribution in [2.75, 3.05) is 5.32 Å². The minimum atomic E-state index is -1.53. The maximum absolute atomic E-state index is 11.8. The lowest BCUT2D eigenvalue weighted by molar-refractivity contribution is 0.235. The highest BCUT2D eigenvalue weighted by Gasteiger charge is 1.99. The van der Waals surface area contributed by atoms with Gasteiger partial charge in [0.15, 0.2) is 0 Å². The quantitative estimate of drug-likeness (QED) is 0.523. The summed E-state index contributed by atoms with van der Waals surface area (Å²) in [5.74, 6) is 0. The molecule has 1 N–H and O–H groups in total. The molecule has 2 nitrogen and oxygen atoms in total. The maximum atomic E-state index is 11.8. The van der Waals surface area contributed by atoms with Gasteiger partial charge in [0.2, 0.25) is 0 Å². The monoisotopic (exact) mass is 183 g/mol. The number of benzene rings is 1. The molecular weight excluding hydrogens is 169 g/mol. The van der Waals surface area contributed by atoms with E-state index < -0.39 is 6.16 Å². The normalized spacial score (nSPS) is 8.31. The van der Waals surface area contributed by atoms with Crippen LogP contribution >= 0.6 is 0 Å². The highest BCUT2D eigenvalue weighted by molar-refractivity contribution is 5.84. The smallest absolute Gasteiger partial charge is 0.298 e. The Labute approximate surface area is 77.8 Å². The number of rotatable bonds is 1. The molecule has 0 unspecified atom stereocenters. The third-order valence-electron chi connectivity index (χ3n) is 1.38. The fourth-order valence-electron chi connectivity index (χ4n) is 0.819. The molecule has 0 spiro atoms. The van der Waals surface area contributed by atoms with E-state index in [0.29, 0.717) is 5.69 Å². The van der Waals surface area contributed by atoms with Crippen molar-refractivity contribution in [2.45, 2.75) is 20.8 Å². The van der Waals surface area contributed by atoms with Crippen molar-refractivity contribution in [3.05, 3.63) is 29.8 Å². The Kier molecular flexibility index (Phi) is 5.52. The van der Waals surface area contributed by atoms with Gasteiger partial charge in [0.25, 0.3) is 0 Å². The molecular formula is C10H14FNO. The van der Waals surface area contributed by atoms with E-state index in [1.54, 1.807) is 25.1 Å². The van der Waals surface area contributed by atoms with Gasteiger partial charge in [-0.2, -0.15) is 0 Å². The van der Waals surface area contributed by atoms with Gasteiger partial charge in [-0.3, -0.25) is 5.32 Å². The highest BCUT2D eigenvalue weighted by atomic mass is 19.1. The van der Waals surface area contributed by atoms with Crippen LogP contribution < -0.4 is 5.32 Å². The molecule has 72 valence electrons. The summed E-state index contributed by atoms with van der Waals surface area (Å²) < 4.78 is 11.8. The molecule has 0 aliphatic rings. The third-order valence-corrected chi connectivity index (χ3v) is 1.38. The molecule has 1 rings (SSSR count). The van der Waals surface area contributed by atoms with Gasteiger partial charge in [-0.1, -0.05) is 32.0 Å². The van der Waals surface area contributed by atoms with Gasteiger partial charge in [0.05, 0.1) is 0 Å². The standard InChI is InChI=1S/C8H8FNO.C2H6/c1-6-4-2-3-5-7(6)10-8(9)11;1-2/h2-5H,1H3,(H,10,11);1-2H3. The topological polar surface area (TPSA) is 29.1 Å². The molecule has 3 heteroatoms. The van der Waals surface area contributed by atoms with Gasteiger partial charge in [-0.05, 0) is 18.6 Å². The van der Waals surface area contributed by atoms with Crippen LogP contribution in [0.1, 0.15) is 19.4 Å². The van der Waals surface area contributed by atoms with Gasteiger partial charge in [-0.15, -0.1) is 4.39 Å². The van der Waals surface area contributed by atoms with Crippen LogP contribution in [0.25, 0.3) is 0 Å². The number of hydrogen-bond donors (Lipinski definition) is 1. The van der Waals surface area contributed by atoms with Crippen LogP contribution in [-0.2, 0) is 0 Å². The van der Waals surface area contributed by atoms with Gasteiger partial charge >= 0.3 is 6.16 Å². The number of aryl methyl sites for hydroxylation is 1. The van der Waals surface area contributed by atoms with Crippen LogP contribution in [0.3, 0.4) is 0 Å². The zero-order valence-electron chi connectivity index (χ0n) is 8.10. The summed E-state index contributed by atoms with van der Waals surface area (Å²) in [6, 6.07) is 7.00. The minimum Gasteiger partial charge on any atom is -0.298 e. The molecule has 0 saturated heterocycles. The van der Waals surface area contributed by atoms with Crippen molar-refractivity contribution >= 4 is 11.8 Å². The van der Waals surface area contributed by atoms with E-state index in [1.165, 1.54) is 0 Å². The van der Waals surface area contributed by atoms with E-state index >= 15 is 0 Å². The first kappa shape index (κ1) is 11.6. The van der Waals surface area contributed by atoms with Gasteiger partial charge in [0, 0.05) is 5.69 Å². The van der Waals surface area contributed by atoms with Gasteiger partial charge in [-0.25, -0.2) is 4.79 Å². The molecule has 0 fully saturated rings. The second-order valence-electron chi connectivity index (χ2n) is 2.21. The second-order valence-corrected chi connectivity index (χ2v) is 2.21. The number of amides is 1. The summed E-state index contributed by atoms with van der Waals surface area (Å²) in [4.78, 5) is 9.99. The predicted molar refractivity (Wildman–Crippen MR) is 52.7 cm³/mol. The zero-order chi connectivity index (χ0) is 10.3. The molecule has 0 aliphatic carbocycles. The largest absolute Gasteiger partial charge is 0.401 e. The molecule has 1 aromatic rings. The number of carbonyl (C=O) groups is 1. The Morgan fingerprint density at radius 3 is 2.31 bits per heavy atom. The molecule has 0 heterocycles. The fraction of sp³-hybridized carbons (Fsp3) is 0.300. The molecule has 0 bridgehead atoms. The first-order valence-corrected chi connectivity index (χ1v) is 4.22. The van der Waals surface area contributed by atoms with Crippen LogP contribution in [-0.4, -0.2) is 6.16 Å². The van der Waals surface area contributed by atoms with Crippen molar-refractivity contribution in [2.24, 2.45) is 0 Å². The summed E-state index contributed by atoms with van der Waals surface area (Å²) in [6.45, 7) is 5.80. The summed E-state index contributed by atoms with van der Waals surface area (Å²) >= 11 is 0. The first-order valence-electron chi connectivity index (χ1n) is 4.22. The van der Waals surface area contributed by atoms with Gasteiger partial charge < -0.3 is 0 Å². The van der Waals surface area contributed by atoms with E-state index in [0.717, 1.165) is 5.56 Å². The summed E-state index contributed by atoms with van der Waals surface area (Å²) in [7, 11) is 0. The van der Waals surface area contributed by atoms with E-state index in [2.05, 4.69) is 5.32 Å².